The molecular formula is C10H20N6O6. The van der Waals surface area contributed by atoms with Gasteiger partial charge in [-0.25, -0.2) is 0 Å². The zero-order chi connectivity index (χ0) is 16.7. The summed E-state index contributed by atoms with van der Waals surface area (Å²) in [6.45, 7) is -1.67. The van der Waals surface area contributed by atoms with Crippen molar-refractivity contribution in [3.05, 3.63) is 0 Å². The first kappa shape index (κ1) is 18.2. The standard InChI is InChI=1S/C10H20N6O6/c1-7(22)16(6-21)10-12-8(14(2-17)3-18)11-9(13-10)15(4-19)5-20/h7,17-22H,2-6H2,1H3. The molecule has 0 aliphatic carbocycles. The highest BCUT2D eigenvalue weighted by Gasteiger charge is 2.21. The van der Waals surface area contributed by atoms with Gasteiger partial charge in [0.2, 0.25) is 17.8 Å². The molecule has 0 saturated carbocycles. The molecule has 12 nitrogen and oxygen atoms in total. The van der Waals surface area contributed by atoms with Gasteiger partial charge >= 0.3 is 0 Å². The summed E-state index contributed by atoms with van der Waals surface area (Å²) in [5.41, 5.74) is 0. The fourth-order valence-corrected chi connectivity index (χ4v) is 1.45. The molecule has 1 atom stereocenters. The third-order valence-electron chi connectivity index (χ3n) is 2.71. The van der Waals surface area contributed by atoms with E-state index >= 15 is 0 Å². The zero-order valence-electron chi connectivity index (χ0n) is 12.0. The van der Waals surface area contributed by atoms with Crippen molar-refractivity contribution in [3.63, 3.8) is 0 Å². The lowest BCUT2D eigenvalue weighted by Gasteiger charge is -2.26. The lowest BCUT2D eigenvalue weighted by molar-refractivity contribution is 0.148. The number of hydrogen-bond donors (Lipinski definition) is 6. The van der Waals surface area contributed by atoms with Crippen molar-refractivity contribution in [2.75, 3.05) is 48.4 Å². The summed E-state index contributed by atoms with van der Waals surface area (Å²) in [6.07, 6.45) is -1.14. The number of aliphatic hydroxyl groups is 6. The molecule has 6 N–H and O–H groups in total. The average molecular weight is 320 g/mol. The molecule has 0 aromatic carbocycles. The Bertz CT molecular complexity index is 425. The van der Waals surface area contributed by atoms with E-state index in [9.17, 15) is 10.2 Å². The van der Waals surface area contributed by atoms with Gasteiger partial charge < -0.3 is 30.6 Å². The molecule has 12 heteroatoms. The SMILES string of the molecule is CC(O)N(CO)c1nc(N(CO)CO)nc(N(CO)CO)n1. The van der Waals surface area contributed by atoms with Crippen molar-refractivity contribution in [1.29, 1.82) is 0 Å². The molecule has 0 bridgehead atoms. The minimum Gasteiger partial charge on any atom is -0.376 e. The Labute approximate surface area is 126 Å². The maximum atomic E-state index is 9.59. The Morgan fingerprint density at radius 2 is 1.09 bits per heavy atom. The molecule has 0 aliphatic heterocycles. The van der Waals surface area contributed by atoms with Crippen LogP contribution in [0.15, 0.2) is 0 Å². The molecule has 1 heterocycles. The van der Waals surface area contributed by atoms with E-state index in [0.717, 1.165) is 14.7 Å². The number of hydrogen-bond acceptors (Lipinski definition) is 12. The summed E-state index contributed by atoms with van der Waals surface area (Å²) in [4.78, 5) is 14.6. The second kappa shape index (κ2) is 8.57. The van der Waals surface area contributed by atoms with Crippen LogP contribution in [0.2, 0.25) is 0 Å². The zero-order valence-corrected chi connectivity index (χ0v) is 12.0. The molecule has 1 aromatic heterocycles. The first-order valence-corrected chi connectivity index (χ1v) is 6.27. The van der Waals surface area contributed by atoms with Gasteiger partial charge in [0.05, 0.1) is 0 Å². The van der Waals surface area contributed by atoms with Crippen molar-refractivity contribution in [2.24, 2.45) is 0 Å². The molecule has 0 amide bonds. The predicted octanol–water partition coefficient (Wildman–Crippen LogP) is -3.62. The highest BCUT2D eigenvalue weighted by atomic mass is 16.3. The van der Waals surface area contributed by atoms with Gasteiger partial charge in [0.25, 0.3) is 0 Å². The number of aliphatic hydroxyl groups excluding tert-OH is 6. The van der Waals surface area contributed by atoms with Gasteiger partial charge in [0.15, 0.2) is 0 Å². The van der Waals surface area contributed by atoms with Gasteiger partial charge in [-0.15, -0.1) is 0 Å². The normalized spacial score (nSPS) is 12.1. The van der Waals surface area contributed by atoms with E-state index in [1.807, 2.05) is 0 Å². The molecule has 0 saturated heterocycles. The molecular weight excluding hydrogens is 300 g/mol. The van der Waals surface area contributed by atoms with Crippen molar-refractivity contribution in [3.8, 4) is 0 Å². The van der Waals surface area contributed by atoms with Crippen LogP contribution in [0.25, 0.3) is 0 Å². The van der Waals surface area contributed by atoms with Crippen molar-refractivity contribution in [1.82, 2.24) is 15.0 Å². The van der Waals surface area contributed by atoms with E-state index in [-0.39, 0.29) is 17.8 Å². The van der Waals surface area contributed by atoms with Gasteiger partial charge in [-0.2, -0.15) is 15.0 Å². The highest BCUT2D eigenvalue weighted by molar-refractivity contribution is 5.45. The lowest BCUT2D eigenvalue weighted by Crippen LogP contribution is -2.37. The van der Waals surface area contributed by atoms with Crippen LogP contribution in [-0.4, -0.2) is 85.5 Å². The first-order chi connectivity index (χ1) is 10.5. The summed E-state index contributed by atoms with van der Waals surface area (Å²) < 4.78 is 0. The minimum absolute atomic E-state index is 0.170. The maximum absolute atomic E-state index is 9.59. The minimum atomic E-state index is -1.14. The molecule has 0 fully saturated rings. The fourth-order valence-electron chi connectivity index (χ4n) is 1.45. The topological polar surface area (TPSA) is 170 Å². The molecule has 22 heavy (non-hydrogen) atoms. The monoisotopic (exact) mass is 320 g/mol. The van der Waals surface area contributed by atoms with Crippen LogP contribution in [0.4, 0.5) is 17.8 Å². The summed E-state index contributed by atoms with van der Waals surface area (Å²) in [5, 5.41) is 55.5. The molecule has 1 unspecified atom stereocenters. The Balaban J connectivity index is 3.36. The summed E-state index contributed by atoms with van der Waals surface area (Å²) >= 11 is 0. The van der Waals surface area contributed by atoms with E-state index in [0.29, 0.717) is 0 Å². The van der Waals surface area contributed by atoms with Crippen LogP contribution >= 0.6 is 0 Å². The summed E-state index contributed by atoms with van der Waals surface area (Å²) in [5.74, 6) is -0.511. The van der Waals surface area contributed by atoms with E-state index in [1.54, 1.807) is 0 Å². The molecule has 0 aliphatic rings. The van der Waals surface area contributed by atoms with Crippen molar-refractivity contribution < 1.29 is 30.6 Å². The van der Waals surface area contributed by atoms with Gasteiger partial charge in [-0.05, 0) is 6.92 Å². The third-order valence-corrected chi connectivity index (χ3v) is 2.71. The average Bonchev–Trinajstić information content (AvgIpc) is 2.50. The highest BCUT2D eigenvalue weighted by Crippen LogP contribution is 2.19. The van der Waals surface area contributed by atoms with Crippen LogP contribution in [0.3, 0.4) is 0 Å². The van der Waals surface area contributed by atoms with Crippen molar-refractivity contribution in [2.45, 2.75) is 13.2 Å². The second-order valence-electron chi connectivity index (χ2n) is 4.12. The van der Waals surface area contributed by atoms with Gasteiger partial charge in [-0.1, -0.05) is 0 Å². The second-order valence-corrected chi connectivity index (χ2v) is 4.12. The van der Waals surface area contributed by atoms with E-state index in [1.165, 1.54) is 6.92 Å². The Hall–Kier alpha value is -1.83. The van der Waals surface area contributed by atoms with Gasteiger partial charge in [-0.3, -0.25) is 14.7 Å². The lowest BCUT2D eigenvalue weighted by atomic mass is 10.5. The first-order valence-electron chi connectivity index (χ1n) is 6.27. The Morgan fingerprint density at radius 1 is 0.727 bits per heavy atom. The van der Waals surface area contributed by atoms with Crippen LogP contribution < -0.4 is 14.7 Å². The smallest absolute Gasteiger partial charge is 0.235 e. The number of aromatic nitrogens is 3. The predicted molar refractivity (Wildman–Crippen MR) is 74.4 cm³/mol. The van der Waals surface area contributed by atoms with E-state index in [2.05, 4.69) is 15.0 Å². The summed E-state index contributed by atoms with van der Waals surface area (Å²) in [6, 6.07) is 0. The van der Waals surface area contributed by atoms with Crippen LogP contribution in [0.1, 0.15) is 6.92 Å². The van der Waals surface area contributed by atoms with E-state index in [4.69, 9.17) is 20.4 Å². The molecule has 1 rings (SSSR count). The van der Waals surface area contributed by atoms with Crippen LogP contribution in [-0.2, 0) is 0 Å². The van der Waals surface area contributed by atoms with E-state index < -0.39 is 39.9 Å². The van der Waals surface area contributed by atoms with Gasteiger partial charge in [0.1, 0.15) is 39.9 Å². The Morgan fingerprint density at radius 3 is 1.36 bits per heavy atom. The quantitative estimate of drug-likeness (QED) is 0.247. The number of anilines is 3. The molecule has 1 aromatic rings. The van der Waals surface area contributed by atoms with Crippen LogP contribution in [0, 0.1) is 0 Å². The van der Waals surface area contributed by atoms with Crippen molar-refractivity contribution >= 4 is 17.8 Å². The summed E-state index contributed by atoms with van der Waals surface area (Å²) in [7, 11) is 0. The maximum Gasteiger partial charge on any atom is 0.235 e. The third kappa shape index (κ3) is 4.09. The molecule has 0 radical (unpaired) electrons. The van der Waals surface area contributed by atoms with Gasteiger partial charge in [0, 0.05) is 0 Å². The molecule has 126 valence electrons. The largest absolute Gasteiger partial charge is 0.376 e. The Kier molecular flexibility index (Phi) is 7.10. The number of nitrogens with zero attached hydrogens (tertiary/aromatic N) is 6. The number of rotatable bonds is 9. The fraction of sp³-hybridized carbons (Fsp3) is 0.700. The van der Waals surface area contributed by atoms with Crippen LogP contribution in [0.5, 0.6) is 0 Å². The molecule has 0 spiro atoms.